The van der Waals surface area contributed by atoms with Gasteiger partial charge < -0.3 is 24.1 Å². The summed E-state index contributed by atoms with van der Waals surface area (Å²) in [6.45, 7) is 12.3. The van der Waals surface area contributed by atoms with E-state index in [-0.39, 0.29) is 0 Å². The van der Waals surface area contributed by atoms with Crippen LogP contribution >= 0.6 is 11.3 Å². The van der Waals surface area contributed by atoms with Crippen LogP contribution in [0.1, 0.15) is 94.8 Å². The molecule has 0 radical (unpaired) electrons. The molecule has 3 heterocycles. The highest BCUT2D eigenvalue weighted by molar-refractivity contribution is 7.22. The predicted molar refractivity (Wildman–Crippen MR) is 189 cm³/mol. The highest BCUT2D eigenvalue weighted by atomic mass is 32.1. The molecule has 2 aliphatic heterocycles. The van der Waals surface area contributed by atoms with Crippen LogP contribution in [0.2, 0.25) is 0 Å². The number of rotatable bonds is 14. The molecular formula is C39H51NO5S. The molecule has 6 nitrogen and oxygen atoms in total. The van der Waals surface area contributed by atoms with Crippen molar-refractivity contribution in [3.63, 3.8) is 0 Å². The van der Waals surface area contributed by atoms with Gasteiger partial charge in [0.05, 0.1) is 25.4 Å². The number of thiophene rings is 1. The Bertz CT molecular complexity index is 1470. The molecule has 2 fully saturated rings. The Hall–Kier alpha value is -2.94. The molecule has 0 spiro atoms. The van der Waals surface area contributed by atoms with Crippen molar-refractivity contribution in [2.24, 2.45) is 0 Å². The summed E-state index contributed by atoms with van der Waals surface area (Å²) >= 11 is 1.69. The van der Waals surface area contributed by atoms with Crippen LogP contribution in [0.4, 0.5) is 0 Å². The van der Waals surface area contributed by atoms with E-state index in [2.05, 4.69) is 49.9 Å². The Morgan fingerprint density at radius 1 is 0.848 bits per heavy atom. The van der Waals surface area contributed by atoms with Crippen molar-refractivity contribution in [2.75, 3.05) is 46.1 Å². The third-order valence-corrected chi connectivity index (χ3v) is 9.78. The number of fused-ring (bicyclic) bond motifs is 1. The van der Waals surface area contributed by atoms with Crippen LogP contribution in [0, 0.1) is 0 Å². The van der Waals surface area contributed by atoms with Gasteiger partial charge in [0.1, 0.15) is 24.2 Å². The number of hydrogen-bond donors (Lipinski definition) is 1. The molecule has 1 N–H and O–H groups in total. The second-order valence-electron chi connectivity index (χ2n) is 12.1. The lowest BCUT2D eigenvalue weighted by molar-refractivity contribution is -0.0457. The molecule has 0 aliphatic carbocycles. The van der Waals surface area contributed by atoms with E-state index in [9.17, 15) is 5.11 Å². The lowest BCUT2D eigenvalue weighted by Gasteiger charge is -2.18. The molecule has 0 amide bonds. The van der Waals surface area contributed by atoms with Crippen molar-refractivity contribution >= 4 is 21.4 Å². The number of hydrogen-bond acceptors (Lipinski definition) is 7. The van der Waals surface area contributed by atoms with Gasteiger partial charge in [-0.05, 0) is 85.3 Å². The summed E-state index contributed by atoms with van der Waals surface area (Å²) in [5, 5.41) is 12.8. The fraction of sp³-hybridized carbons (Fsp3) is 0.487. The summed E-state index contributed by atoms with van der Waals surface area (Å²) in [5.74, 6) is 1.61. The van der Waals surface area contributed by atoms with Gasteiger partial charge in [0.25, 0.3) is 0 Å². The number of likely N-dealkylation sites (tertiary alicyclic amines) is 1. The number of ether oxygens (including phenoxy) is 4. The Balaban J connectivity index is 0.000000635. The molecule has 4 aromatic rings. The van der Waals surface area contributed by atoms with Crippen LogP contribution < -0.4 is 9.47 Å². The zero-order chi connectivity index (χ0) is 32.1. The van der Waals surface area contributed by atoms with Crippen molar-refractivity contribution < 1.29 is 24.1 Å². The predicted octanol–water partition coefficient (Wildman–Crippen LogP) is 9.55. The van der Waals surface area contributed by atoms with E-state index in [1.165, 1.54) is 51.6 Å². The average Bonchev–Trinajstić information content (AvgIpc) is 3.89. The summed E-state index contributed by atoms with van der Waals surface area (Å²) in [5.41, 5.74) is 3.64. The van der Waals surface area contributed by atoms with E-state index in [0.717, 1.165) is 61.7 Å². The van der Waals surface area contributed by atoms with Crippen LogP contribution in [0.15, 0.2) is 66.7 Å². The van der Waals surface area contributed by atoms with Gasteiger partial charge in [-0.15, -0.1) is 11.3 Å². The molecule has 2 aliphatic rings. The number of unbranched alkanes of at least 4 members (excludes halogenated alkanes) is 3. The number of aliphatic hydroxyl groups excluding tert-OH is 1. The first-order valence-electron chi connectivity index (χ1n) is 17.3. The highest BCUT2D eigenvalue weighted by Gasteiger charge is 2.26. The highest BCUT2D eigenvalue weighted by Crippen LogP contribution is 2.45. The van der Waals surface area contributed by atoms with E-state index in [0.29, 0.717) is 26.4 Å². The van der Waals surface area contributed by atoms with Crippen LogP contribution in [-0.4, -0.2) is 56.1 Å². The minimum absolute atomic E-state index is 0.451. The second-order valence-corrected chi connectivity index (χ2v) is 13.1. The smallest absolute Gasteiger partial charge is 0.187 e. The third kappa shape index (κ3) is 8.90. The van der Waals surface area contributed by atoms with E-state index in [4.69, 9.17) is 18.9 Å². The van der Waals surface area contributed by atoms with Gasteiger partial charge in [0, 0.05) is 21.7 Å². The molecular weight excluding hydrogens is 594 g/mol. The SMILES string of the molecule is CCCCCC.CCCOc1ccc(-c2sc3ccccc3c2C(O)c2ccc(OCCN3CCCC3)cc2)cc1C1OCCO1. The molecule has 248 valence electrons. The average molecular weight is 646 g/mol. The van der Waals surface area contributed by atoms with Gasteiger partial charge in [-0.2, -0.15) is 0 Å². The third-order valence-electron chi connectivity index (χ3n) is 8.54. The van der Waals surface area contributed by atoms with Crippen LogP contribution in [-0.2, 0) is 9.47 Å². The molecule has 0 bridgehead atoms. The molecule has 3 aromatic carbocycles. The zero-order valence-electron chi connectivity index (χ0n) is 27.8. The minimum Gasteiger partial charge on any atom is -0.493 e. The standard InChI is InChI=1S/C33H37NO5S.C6H14/c1-2-18-37-28-14-11-24(22-27(28)33-38-20-21-39-33)32-30(26-7-3-4-8-29(26)40-32)31(35)23-9-12-25(13-10-23)36-19-17-34-15-5-6-16-34;1-3-5-6-4-2/h3-4,7-14,22,31,33,35H,2,5-6,15-21H2,1H3;3-6H2,1-2H3. The lowest BCUT2D eigenvalue weighted by atomic mass is 9.95. The van der Waals surface area contributed by atoms with Crippen molar-refractivity contribution in [3.05, 3.63) is 83.4 Å². The Morgan fingerprint density at radius 2 is 1.57 bits per heavy atom. The number of aliphatic hydroxyl groups is 1. The van der Waals surface area contributed by atoms with Gasteiger partial charge in [-0.25, -0.2) is 0 Å². The summed E-state index contributed by atoms with van der Waals surface area (Å²) in [4.78, 5) is 3.47. The van der Waals surface area contributed by atoms with E-state index in [1.807, 2.05) is 42.5 Å². The van der Waals surface area contributed by atoms with Crippen LogP contribution in [0.5, 0.6) is 11.5 Å². The maximum Gasteiger partial charge on any atom is 0.187 e. The minimum atomic E-state index is -0.789. The van der Waals surface area contributed by atoms with E-state index in [1.54, 1.807) is 11.3 Å². The summed E-state index contributed by atoms with van der Waals surface area (Å²) in [7, 11) is 0. The first kappa shape index (κ1) is 34.4. The molecule has 0 saturated carbocycles. The maximum atomic E-state index is 11.8. The molecule has 7 heteroatoms. The molecule has 1 unspecified atom stereocenters. The van der Waals surface area contributed by atoms with Crippen molar-refractivity contribution in [2.45, 2.75) is 78.1 Å². The summed E-state index contributed by atoms with van der Waals surface area (Å²) in [6, 6.07) is 22.3. The fourth-order valence-corrected chi connectivity index (χ4v) is 7.25. The first-order chi connectivity index (χ1) is 22.6. The maximum absolute atomic E-state index is 11.8. The topological polar surface area (TPSA) is 60.4 Å². The molecule has 6 rings (SSSR count). The first-order valence-corrected chi connectivity index (χ1v) is 18.1. The van der Waals surface area contributed by atoms with Crippen molar-refractivity contribution in [1.82, 2.24) is 4.90 Å². The van der Waals surface area contributed by atoms with E-state index < -0.39 is 12.4 Å². The van der Waals surface area contributed by atoms with Gasteiger partial charge >= 0.3 is 0 Å². The molecule has 46 heavy (non-hydrogen) atoms. The van der Waals surface area contributed by atoms with Crippen LogP contribution in [0.25, 0.3) is 20.5 Å². The van der Waals surface area contributed by atoms with Crippen molar-refractivity contribution in [1.29, 1.82) is 0 Å². The zero-order valence-corrected chi connectivity index (χ0v) is 28.7. The van der Waals surface area contributed by atoms with Crippen LogP contribution in [0.3, 0.4) is 0 Å². The Kier molecular flexibility index (Phi) is 13.3. The fourth-order valence-electron chi connectivity index (χ4n) is 6.02. The van der Waals surface area contributed by atoms with Gasteiger partial charge in [0.2, 0.25) is 0 Å². The number of benzene rings is 3. The summed E-state index contributed by atoms with van der Waals surface area (Å²) < 4.78 is 24.9. The summed E-state index contributed by atoms with van der Waals surface area (Å²) in [6.07, 6.45) is 7.78. The normalized spacial score (nSPS) is 16.0. The molecule has 1 atom stereocenters. The monoisotopic (exact) mass is 645 g/mol. The Morgan fingerprint density at radius 3 is 2.26 bits per heavy atom. The largest absolute Gasteiger partial charge is 0.493 e. The quantitative estimate of drug-likeness (QED) is 0.138. The molecule has 2 saturated heterocycles. The van der Waals surface area contributed by atoms with Gasteiger partial charge in [0.15, 0.2) is 6.29 Å². The van der Waals surface area contributed by atoms with E-state index >= 15 is 0 Å². The molecule has 1 aromatic heterocycles. The van der Waals surface area contributed by atoms with Crippen molar-refractivity contribution in [3.8, 4) is 21.9 Å². The lowest BCUT2D eigenvalue weighted by Crippen LogP contribution is -2.25. The Labute approximate surface area is 279 Å². The van der Waals surface area contributed by atoms with Gasteiger partial charge in [-0.3, -0.25) is 4.90 Å². The number of nitrogens with zero attached hydrogens (tertiary/aromatic N) is 1. The van der Waals surface area contributed by atoms with Gasteiger partial charge in [-0.1, -0.05) is 76.8 Å². The second kappa shape index (κ2) is 17.8.